The van der Waals surface area contributed by atoms with E-state index in [9.17, 15) is 5.11 Å². The fraction of sp³-hybridized carbons (Fsp3) is 0.600. The molecule has 1 N–H and O–H groups in total. The average molecular weight is 252 g/mol. The largest absolute Gasteiger partial charge is 0.389 e. The topological polar surface area (TPSA) is 20.2 Å². The van der Waals surface area contributed by atoms with Crippen molar-refractivity contribution in [2.45, 2.75) is 51.0 Å². The molecule has 0 saturated carbocycles. The van der Waals surface area contributed by atoms with E-state index in [4.69, 9.17) is 0 Å². The first-order valence-electron chi connectivity index (χ1n) is 6.28. The highest BCUT2D eigenvalue weighted by atomic mass is 32.2. The molecule has 0 saturated heterocycles. The fourth-order valence-corrected chi connectivity index (χ4v) is 2.47. The Labute approximate surface area is 110 Å². The lowest BCUT2D eigenvalue weighted by molar-refractivity contribution is 0.0376. The van der Waals surface area contributed by atoms with Gasteiger partial charge < -0.3 is 5.11 Å². The summed E-state index contributed by atoms with van der Waals surface area (Å²) in [6, 6.07) is 8.65. The van der Waals surface area contributed by atoms with Gasteiger partial charge in [0.05, 0.1) is 5.60 Å². The number of thioether (sulfide) groups is 1. The van der Waals surface area contributed by atoms with Crippen molar-refractivity contribution < 1.29 is 5.11 Å². The van der Waals surface area contributed by atoms with Crippen LogP contribution in [0.4, 0.5) is 0 Å². The van der Waals surface area contributed by atoms with E-state index in [1.165, 1.54) is 10.5 Å². The summed E-state index contributed by atoms with van der Waals surface area (Å²) in [4.78, 5) is 1.23. The van der Waals surface area contributed by atoms with Crippen molar-refractivity contribution in [1.29, 1.82) is 0 Å². The second-order valence-electron chi connectivity index (χ2n) is 5.52. The minimum Gasteiger partial charge on any atom is -0.389 e. The number of hydrogen-bond donors (Lipinski definition) is 1. The van der Waals surface area contributed by atoms with Crippen LogP contribution in [-0.4, -0.2) is 16.5 Å². The van der Waals surface area contributed by atoms with E-state index in [0.717, 1.165) is 5.75 Å². The van der Waals surface area contributed by atoms with Crippen LogP contribution in [0.1, 0.15) is 46.1 Å². The molecule has 0 radical (unpaired) electrons. The van der Waals surface area contributed by atoms with Gasteiger partial charge in [-0.2, -0.15) is 0 Å². The molecule has 1 atom stereocenters. The van der Waals surface area contributed by atoms with Crippen LogP contribution in [-0.2, 0) is 0 Å². The molecular formula is C15H24OS. The van der Waals surface area contributed by atoms with Crippen LogP contribution in [0.2, 0.25) is 0 Å². The lowest BCUT2D eigenvalue weighted by atomic mass is 9.95. The van der Waals surface area contributed by atoms with E-state index < -0.39 is 5.60 Å². The van der Waals surface area contributed by atoms with Gasteiger partial charge in [-0.05, 0) is 36.5 Å². The van der Waals surface area contributed by atoms with E-state index in [1.54, 1.807) is 11.8 Å². The van der Waals surface area contributed by atoms with Gasteiger partial charge in [0.25, 0.3) is 0 Å². The molecule has 0 aliphatic heterocycles. The minimum absolute atomic E-state index is 0.282. The monoisotopic (exact) mass is 252 g/mol. The van der Waals surface area contributed by atoms with Gasteiger partial charge in [-0.1, -0.05) is 39.8 Å². The number of hydrogen-bond acceptors (Lipinski definition) is 2. The molecule has 0 bridgehead atoms. The molecule has 96 valence electrons. The first-order valence-corrected chi connectivity index (χ1v) is 7.26. The van der Waals surface area contributed by atoms with Crippen molar-refractivity contribution in [2.24, 2.45) is 5.92 Å². The Morgan fingerprint density at radius 3 is 2.06 bits per heavy atom. The minimum atomic E-state index is -0.596. The smallest absolute Gasteiger partial charge is 0.0736 e. The molecule has 1 aromatic rings. The molecule has 0 heterocycles. The first kappa shape index (κ1) is 14.6. The zero-order valence-corrected chi connectivity index (χ0v) is 12.3. The van der Waals surface area contributed by atoms with E-state index >= 15 is 0 Å². The third-order valence-corrected chi connectivity index (χ3v) is 4.66. The number of aliphatic hydroxyl groups is 1. The van der Waals surface area contributed by atoms with E-state index in [0.29, 0.717) is 5.92 Å². The predicted octanol–water partition coefficient (Wildman–Crippen LogP) is 4.31. The molecule has 0 amide bonds. The van der Waals surface area contributed by atoms with Crippen LogP contribution in [0.3, 0.4) is 0 Å². The molecular weight excluding hydrogens is 228 g/mol. The van der Waals surface area contributed by atoms with Crippen LogP contribution < -0.4 is 0 Å². The molecule has 1 aromatic carbocycles. The standard InChI is InChI=1S/C15H24OS/c1-11(2)13-6-8-14(9-7-13)17-10-15(5,16)12(3)4/h6-9,11-12,16H,10H2,1-5H3. The molecule has 1 rings (SSSR count). The van der Waals surface area contributed by atoms with Gasteiger partial charge in [0.15, 0.2) is 0 Å². The third kappa shape index (κ3) is 4.36. The zero-order chi connectivity index (χ0) is 13.1. The summed E-state index contributed by atoms with van der Waals surface area (Å²) < 4.78 is 0. The normalized spacial score (nSPS) is 15.3. The predicted molar refractivity (Wildman–Crippen MR) is 76.7 cm³/mol. The summed E-state index contributed by atoms with van der Waals surface area (Å²) in [7, 11) is 0. The molecule has 1 nitrogen and oxygen atoms in total. The summed E-state index contributed by atoms with van der Waals surface area (Å²) in [5, 5.41) is 10.2. The van der Waals surface area contributed by atoms with Gasteiger partial charge in [-0.25, -0.2) is 0 Å². The summed E-state index contributed by atoms with van der Waals surface area (Å²) in [6.07, 6.45) is 0. The van der Waals surface area contributed by atoms with Crippen LogP contribution in [0.15, 0.2) is 29.2 Å². The average Bonchev–Trinajstić information content (AvgIpc) is 2.27. The zero-order valence-electron chi connectivity index (χ0n) is 11.5. The fourth-order valence-electron chi connectivity index (χ4n) is 1.35. The lowest BCUT2D eigenvalue weighted by Gasteiger charge is -2.27. The van der Waals surface area contributed by atoms with Crippen LogP contribution in [0.5, 0.6) is 0 Å². The summed E-state index contributed by atoms with van der Waals surface area (Å²) in [6.45, 7) is 10.4. The van der Waals surface area contributed by atoms with Gasteiger partial charge in [-0.3, -0.25) is 0 Å². The van der Waals surface area contributed by atoms with Crippen molar-refractivity contribution in [3.8, 4) is 0 Å². The molecule has 0 spiro atoms. The van der Waals surface area contributed by atoms with Gasteiger partial charge in [0, 0.05) is 10.6 Å². The Kier molecular flexibility index (Phi) is 5.08. The molecule has 0 aliphatic rings. The molecule has 0 aliphatic carbocycles. The van der Waals surface area contributed by atoms with E-state index in [1.807, 2.05) is 6.92 Å². The quantitative estimate of drug-likeness (QED) is 0.788. The Balaban J connectivity index is 2.59. The number of benzene rings is 1. The van der Waals surface area contributed by atoms with Crippen molar-refractivity contribution >= 4 is 11.8 Å². The van der Waals surface area contributed by atoms with Gasteiger partial charge in [0.1, 0.15) is 0 Å². The Morgan fingerprint density at radius 2 is 1.65 bits per heavy atom. The highest BCUT2D eigenvalue weighted by molar-refractivity contribution is 7.99. The molecule has 0 aromatic heterocycles. The molecule has 1 unspecified atom stereocenters. The molecule has 2 heteroatoms. The van der Waals surface area contributed by atoms with E-state index in [2.05, 4.69) is 52.0 Å². The van der Waals surface area contributed by atoms with Crippen molar-refractivity contribution in [1.82, 2.24) is 0 Å². The SMILES string of the molecule is CC(C)c1ccc(SCC(C)(O)C(C)C)cc1. The van der Waals surface area contributed by atoms with Gasteiger partial charge in [-0.15, -0.1) is 11.8 Å². The summed E-state index contributed by atoms with van der Waals surface area (Å²) >= 11 is 1.73. The van der Waals surface area contributed by atoms with Crippen LogP contribution in [0.25, 0.3) is 0 Å². The second kappa shape index (κ2) is 5.92. The second-order valence-corrected chi connectivity index (χ2v) is 6.57. The lowest BCUT2D eigenvalue weighted by Crippen LogP contribution is -2.33. The maximum absolute atomic E-state index is 10.2. The van der Waals surface area contributed by atoms with Crippen molar-refractivity contribution in [3.63, 3.8) is 0 Å². The van der Waals surface area contributed by atoms with Crippen molar-refractivity contribution in [2.75, 3.05) is 5.75 Å². The van der Waals surface area contributed by atoms with Gasteiger partial charge in [0.2, 0.25) is 0 Å². The maximum Gasteiger partial charge on any atom is 0.0736 e. The van der Waals surface area contributed by atoms with E-state index in [-0.39, 0.29) is 5.92 Å². The van der Waals surface area contributed by atoms with Gasteiger partial charge >= 0.3 is 0 Å². The Bertz CT molecular complexity index is 338. The van der Waals surface area contributed by atoms with Crippen molar-refractivity contribution in [3.05, 3.63) is 29.8 Å². The van der Waals surface area contributed by atoms with Crippen LogP contribution >= 0.6 is 11.8 Å². The maximum atomic E-state index is 10.2. The molecule has 17 heavy (non-hydrogen) atoms. The summed E-state index contributed by atoms with van der Waals surface area (Å²) in [5.74, 6) is 1.60. The summed E-state index contributed by atoms with van der Waals surface area (Å²) in [5.41, 5.74) is 0.770. The third-order valence-electron chi connectivity index (χ3n) is 3.32. The Hall–Kier alpha value is -0.470. The Morgan fingerprint density at radius 1 is 1.12 bits per heavy atom. The van der Waals surface area contributed by atoms with Crippen LogP contribution in [0, 0.1) is 5.92 Å². The highest BCUT2D eigenvalue weighted by Gasteiger charge is 2.24. The molecule has 0 fully saturated rings. The highest BCUT2D eigenvalue weighted by Crippen LogP contribution is 2.28. The first-order chi connectivity index (χ1) is 7.83. The number of rotatable bonds is 5.